The van der Waals surface area contributed by atoms with Gasteiger partial charge in [-0.15, -0.1) is 0 Å². The van der Waals surface area contributed by atoms with Gasteiger partial charge in [-0.2, -0.15) is 0 Å². The molecule has 0 N–H and O–H groups in total. The van der Waals surface area contributed by atoms with E-state index in [1.165, 1.54) is 33.4 Å². The first-order valence-corrected chi connectivity index (χ1v) is 14.0. The predicted molar refractivity (Wildman–Crippen MR) is 167 cm³/mol. The summed E-state index contributed by atoms with van der Waals surface area (Å²) in [5.74, 6) is 0. The molecule has 0 aliphatic heterocycles. The number of furan rings is 1. The van der Waals surface area contributed by atoms with Crippen LogP contribution in [0.1, 0.15) is 25.0 Å². The zero-order valence-corrected chi connectivity index (χ0v) is 22.7. The van der Waals surface area contributed by atoms with Crippen LogP contribution >= 0.6 is 0 Å². The molecular formula is C37H25N3O. The lowest BCUT2D eigenvalue weighted by molar-refractivity contribution is 0.660. The van der Waals surface area contributed by atoms with Crippen molar-refractivity contribution in [2.24, 2.45) is 0 Å². The van der Waals surface area contributed by atoms with Gasteiger partial charge in [0, 0.05) is 57.4 Å². The topological polar surface area (TPSA) is 43.9 Å². The molecule has 0 bridgehead atoms. The Kier molecular flexibility index (Phi) is 4.36. The maximum absolute atomic E-state index is 6.31. The molecule has 194 valence electrons. The van der Waals surface area contributed by atoms with E-state index < -0.39 is 0 Å². The Hall–Kier alpha value is -5.22. The van der Waals surface area contributed by atoms with Crippen molar-refractivity contribution in [2.75, 3.05) is 0 Å². The van der Waals surface area contributed by atoms with E-state index in [4.69, 9.17) is 4.42 Å². The van der Waals surface area contributed by atoms with Crippen molar-refractivity contribution in [1.82, 2.24) is 14.5 Å². The second-order valence-corrected chi connectivity index (χ2v) is 11.5. The van der Waals surface area contributed by atoms with Crippen molar-refractivity contribution >= 4 is 43.7 Å². The fourth-order valence-electron chi connectivity index (χ4n) is 6.97. The van der Waals surface area contributed by atoms with E-state index in [-0.39, 0.29) is 5.41 Å². The molecule has 9 rings (SSSR count). The lowest BCUT2D eigenvalue weighted by Gasteiger charge is -2.21. The van der Waals surface area contributed by atoms with E-state index in [0.717, 1.165) is 49.4 Å². The van der Waals surface area contributed by atoms with Gasteiger partial charge in [-0.05, 0) is 81.9 Å². The average Bonchev–Trinajstić information content (AvgIpc) is 3.62. The molecule has 4 nitrogen and oxygen atoms in total. The summed E-state index contributed by atoms with van der Waals surface area (Å²) < 4.78 is 8.60. The maximum atomic E-state index is 6.31. The van der Waals surface area contributed by atoms with Crippen LogP contribution in [0.4, 0.5) is 0 Å². The second kappa shape index (κ2) is 7.92. The van der Waals surface area contributed by atoms with E-state index in [1.807, 2.05) is 24.8 Å². The van der Waals surface area contributed by atoms with Crippen molar-refractivity contribution in [1.29, 1.82) is 0 Å². The molecule has 0 radical (unpaired) electrons. The first-order chi connectivity index (χ1) is 20.1. The van der Waals surface area contributed by atoms with Gasteiger partial charge in [0.15, 0.2) is 0 Å². The lowest BCUT2D eigenvalue weighted by atomic mass is 9.82. The third-order valence-corrected chi connectivity index (χ3v) is 9.00. The van der Waals surface area contributed by atoms with Gasteiger partial charge >= 0.3 is 0 Å². The predicted octanol–water partition coefficient (Wildman–Crippen LogP) is 9.45. The molecule has 1 aliphatic rings. The number of rotatable bonds is 2. The number of pyridine rings is 2. The summed E-state index contributed by atoms with van der Waals surface area (Å²) in [7, 11) is 0. The Labute approximate surface area is 236 Å². The van der Waals surface area contributed by atoms with Crippen LogP contribution in [0.25, 0.3) is 71.7 Å². The molecule has 0 saturated carbocycles. The van der Waals surface area contributed by atoms with E-state index in [1.54, 1.807) is 0 Å². The number of benzene rings is 4. The highest BCUT2D eigenvalue weighted by Gasteiger charge is 2.35. The summed E-state index contributed by atoms with van der Waals surface area (Å²) in [6, 6.07) is 32.9. The lowest BCUT2D eigenvalue weighted by Crippen LogP contribution is -2.14. The van der Waals surface area contributed by atoms with Gasteiger partial charge in [-0.25, -0.2) is 0 Å². The zero-order valence-electron chi connectivity index (χ0n) is 22.7. The minimum atomic E-state index is 0.00447. The molecule has 4 aromatic carbocycles. The number of hydrogen-bond donors (Lipinski definition) is 0. The number of aromatic nitrogens is 3. The van der Waals surface area contributed by atoms with Crippen molar-refractivity contribution in [3.8, 4) is 27.9 Å². The molecule has 4 heterocycles. The Balaban J connectivity index is 1.23. The fourth-order valence-corrected chi connectivity index (χ4v) is 6.97. The van der Waals surface area contributed by atoms with Gasteiger partial charge in [0.25, 0.3) is 0 Å². The molecule has 8 aromatic rings. The highest BCUT2D eigenvalue weighted by atomic mass is 16.3. The molecule has 4 heteroatoms. The average molecular weight is 528 g/mol. The normalized spacial score (nSPS) is 13.8. The Bertz CT molecular complexity index is 2300. The van der Waals surface area contributed by atoms with E-state index in [2.05, 4.69) is 119 Å². The van der Waals surface area contributed by atoms with Crippen LogP contribution < -0.4 is 0 Å². The van der Waals surface area contributed by atoms with Gasteiger partial charge in [0.05, 0.1) is 11.0 Å². The Morgan fingerprint density at radius 1 is 0.585 bits per heavy atom. The van der Waals surface area contributed by atoms with E-state index >= 15 is 0 Å². The molecule has 0 spiro atoms. The fraction of sp³-hybridized carbons (Fsp3) is 0.0811. The summed E-state index contributed by atoms with van der Waals surface area (Å²) >= 11 is 0. The summed E-state index contributed by atoms with van der Waals surface area (Å²) in [5, 5.41) is 4.41. The molecule has 1 aliphatic carbocycles. The number of hydrogen-bond acceptors (Lipinski definition) is 3. The SMILES string of the molecule is CC1(C)c2ccccc2-c2cc(-c3ccc4oc5ccc(-n6c7ccncc7c7cnccc76)cc5c4c3)ccc21. The zero-order chi connectivity index (χ0) is 27.3. The Morgan fingerprint density at radius 2 is 1.22 bits per heavy atom. The smallest absolute Gasteiger partial charge is 0.135 e. The second-order valence-electron chi connectivity index (χ2n) is 11.5. The molecule has 0 amide bonds. The van der Waals surface area contributed by atoms with Gasteiger partial charge in [-0.3, -0.25) is 9.97 Å². The molecule has 4 aromatic heterocycles. The first-order valence-electron chi connectivity index (χ1n) is 14.0. The van der Waals surface area contributed by atoms with Crippen LogP contribution in [0.5, 0.6) is 0 Å². The molecule has 0 saturated heterocycles. The summed E-state index contributed by atoms with van der Waals surface area (Å²) in [4.78, 5) is 8.75. The van der Waals surface area contributed by atoms with Crippen LogP contribution in [0.15, 0.2) is 120 Å². The van der Waals surface area contributed by atoms with Gasteiger partial charge in [-0.1, -0.05) is 56.3 Å². The highest BCUT2D eigenvalue weighted by Crippen LogP contribution is 2.49. The largest absolute Gasteiger partial charge is 0.456 e. The number of nitrogens with zero attached hydrogens (tertiary/aromatic N) is 3. The van der Waals surface area contributed by atoms with Gasteiger partial charge < -0.3 is 8.98 Å². The third-order valence-electron chi connectivity index (χ3n) is 9.00. The molecular weight excluding hydrogens is 502 g/mol. The van der Waals surface area contributed by atoms with Crippen molar-refractivity contribution in [3.05, 3.63) is 127 Å². The standard InChI is InChI=1S/C37H25N3O/c1-37(2)31-6-4-3-5-25(31)26-17-22(7-10-32(26)37)23-8-11-35-27(18-23)28-19-24(9-12-36(28)41-35)40-33-13-15-38-20-29(33)30-21-39-16-14-34(30)40/h3-21H,1-2H3. The summed E-state index contributed by atoms with van der Waals surface area (Å²) in [6.07, 6.45) is 7.53. The first kappa shape index (κ1) is 22.6. The number of fused-ring (bicyclic) bond motifs is 9. The van der Waals surface area contributed by atoms with Gasteiger partial charge in [0.1, 0.15) is 11.2 Å². The van der Waals surface area contributed by atoms with Gasteiger partial charge in [0.2, 0.25) is 0 Å². The Morgan fingerprint density at radius 3 is 2.00 bits per heavy atom. The summed E-state index contributed by atoms with van der Waals surface area (Å²) in [6.45, 7) is 4.64. The monoisotopic (exact) mass is 527 g/mol. The van der Waals surface area contributed by atoms with Crippen LogP contribution in [-0.4, -0.2) is 14.5 Å². The van der Waals surface area contributed by atoms with Crippen molar-refractivity contribution < 1.29 is 4.42 Å². The molecule has 0 fully saturated rings. The highest BCUT2D eigenvalue weighted by molar-refractivity contribution is 6.10. The third kappa shape index (κ3) is 3.05. The van der Waals surface area contributed by atoms with Crippen molar-refractivity contribution in [3.63, 3.8) is 0 Å². The van der Waals surface area contributed by atoms with Crippen LogP contribution in [0.3, 0.4) is 0 Å². The minimum absolute atomic E-state index is 0.00447. The van der Waals surface area contributed by atoms with E-state index in [0.29, 0.717) is 0 Å². The van der Waals surface area contributed by atoms with Crippen LogP contribution in [-0.2, 0) is 5.41 Å². The van der Waals surface area contributed by atoms with E-state index in [9.17, 15) is 0 Å². The molecule has 0 atom stereocenters. The quantitative estimate of drug-likeness (QED) is 0.225. The van der Waals surface area contributed by atoms with Crippen LogP contribution in [0.2, 0.25) is 0 Å². The minimum Gasteiger partial charge on any atom is -0.456 e. The maximum Gasteiger partial charge on any atom is 0.135 e. The molecule has 0 unspecified atom stereocenters. The summed E-state index contributed by atoms with van der Waals surface area (Å²) in [5.41, 5.74) is 12.9. The molecule has 41 heavy (non-hydrogen) atoms. The van der Waals surface area contributed by atoms with Crippen molar-refractivity contribution in [2.45, 2.75) is 19.3 Å². The van der Waals surface area contributed by atoms with Crippen LogP contribution in [0, 0.1) is 0 Å².